The first kappa shape index (κ1) is 30.7. The number of aliphatic imine (C=N–C) groups is 1. The number of amides is 3. The second-order valence-corrected chi connectivity index (χ2v) is 9.37. The molecular formula is C31H38N6O4. The van der Waals surface area contributed by atoms with Gasteiger partial charge in [0.1, 0.15) is 6.04 Å². The maximum Gasteiger partial charge on any atom is 0.407 e. The van der Waals surface area contributed by atoms with Gasteiger partial charge in [-0.15, -0.1) is 0 Å². The van der Waals surface area contributed by atoms with Crippen LogP contribution in [0.2, 0.25) is 0 Å². The van der Waals surface area contributed by atoms with Gasteiger partial charge in [-0.25, -0.2) is 4.79 Å². The zero-order chi connectivity index (χ0) is 29.5. The topological polar surface area (TPSA) is 161 Å². The Morgan fingerprint density at radius 1 is 0.780 bits per heavy atom. The third-order valence-corrected chi connectivity index (χ3v) is 6.31. The predicted octanol–water partition coefficient (Wildman–Crippen LogP) is 2.92. The van der Waals surface area contributed by atoms with Crippen LogP contribution in [0.5, 0.6) is 0 Å². The summed E-state index contributed by atoms with van der Waals surface area (Å²) in [4.78, 5) is 42.5. The Hall–Kier alpha value is -4.86. The van der Waals surface area contributed by atoms with E-state index in [2.05, 4.69) is 20.9 Å². The summed E-state index contributed by atoms with van der Waals surface area (Å²) < 4.78 is 4.87. The molecule has 0 heterocycles. The van der Waals surface area contributed by atoms with Crippen molar-refractivity contribution in [2.24, 2.45) is 16.5 Å². The summed E-state index contributed by atoms with van der Waals surface area (Å²) in [6.07, 6.45) is 0.377. The Kier molecular flexibility index (Phi) is 12.2. The van der Waals surface area contributed by atoms with Crippen molar-refractivity contribution < 1.29 is 19.1 Å². The highest BCUT2D eigenvalue weighted by atomic mass is 16.5. The number of hydrogen-bond acceptors (Lipinski definition) is 5. The molecule has 10 nitrogen and oxygen atoms in total. The zero-order valence-electron chi connectivity index (χ0n) is 23.2. The van der Waals surface area contributed by atoms with Gasteiger partial charge in [0.05, 0.1) is 12.5 Å². The molecule has 1 atom stereocenters. The summed E-state index contributed by atoms with van der Waals surface area (Å²) in [6, 6.07) is 25.6. The molecule has 3 aromatic rings. The molecule has 0 aliphatic carbocycles. The molecule has 41 heavy (non-hydrogen) atoms. The van der Waals surface area contributed by atoms with Crippen LogP contribution in [-0.4, -0.2) is 43.1 Å². The first-order valence-corrected chi connectivity index (χ1v) is 13.6. The number of guanidine groups is 1. The van der Waals surface area contributed by atoms with Crippen molar-refractivity contribution in [1.82, 2.24) is 16.0 Å². The van der Waals surface area contributed by atoms with E-state index in [1.807, 2.05) is 84.9 Å². The smallest absolute Gasteiger partial charge is 0.407 e. The van der Waals surface area contributed by atoms with Crippen molar-refractivity contribution in [3.8, 4) is 0 Å². The van der Waals surface area contributed by atoms with Crippen LogP contribution in [-0.2, 0) is 27.4 Å². The number of rotatable bonds is 14. The Bertz CT molecular complexity index is 1240. The number of benzene rings is 3. The van der Waals surface area contributed by atoms with E-state index in [0.717, 1.165) is 22.3 Å². The molecule has 0 unspecified atom stereocenters. The molecule has 0 radical (unpaired) electrons. The van der Waals surface area contributed by atoms with Gasteiger partial charge in [-0.1, -0.05) is 84.9 Å². The maximum absolute atomic E-state index is 13.7. The van der Waals surface area contributed by atoms with Crippen molar-refractivity contribution >= 4 is 23.9 Å². The van der Waals surface area contributed by atoms with E-state index in [9.17, 15) is 14.4 Å². The summed E-state index contributed by atoms with van der Waals surface area (Å²) in [7, 11) is 0. The van der Waals surface area contributed by atoms with Crippen molar-refractivity contribution in [2.75, 3.05) is 13.2 Å². The van der Waals surface area contributed by atoms with Crippen LogP contribution < -0.4 is 27.4 Å². The van der Waals surface area contributed by atoms with Crippen LogP contribution in [0.3, 0.4) is 0 Å². The Labute approximate surface area is 240 Å². The van der Waals surface area contributed by atoms with Gasteiger partial charge in [-0.2, -0.15) is 0 Å². The number of hydrogen-bond donors (Lipinski definition) is 5. The van der Waals surface area contributed by atoms with E-state index in [1.54, 1.807) is 6.92 Å². The second-order valence-electron chi connectivity index (χ2n) is 9.37. The number of carbonyl (C=O) groups is 3. The highest BCUT2D eigenvalue weighted by molar-refractivity contribution is 5.92. The predicted molar refractivity (Wildman–Crippen MR) is 159 cm³/mol. The lowest BCUT2D eigenvalue weighted by molar-refractivity contribution is -0.129. The molecular weight excluding hydrogens is 520 g/mol. The third-order valence-electron chi connectivity index (χ3n) is 6.31. The lowest BCUT2D eigenvalue weighted by atomic mass is 9.90. The van der Waals surface area contributed by atoms with Crippen LogP contribution in [0.1, 0.15) is 47.9 Å². The molecule has 0 fully saturated rings. The normalized spacial score (nSPS) is 11.3. The highest BCUT2D eigenvalue weighted by Gasteiger charge is 2.27. The number of nitrogens with one attached hydrogen (secondary N) is 3. The van der Waals surface area contributed by atoms with E-state index >= 15 is 0 Å². The highest BCUT2D eigenvalue weighted by Crippen LogP contribution is 2.25. The first-order valence-electron chi connectivity index (χ1n) is 13.6. The minimum absolute atomic E-state index is 0.0239. The fourth-order valence-electron chi connectivity index (χ4n) is 4.26. The van der Waals surface area contributed by atoms with Crippen molar-refractivity contribution in [1.29, 1.82) is 0 Å². The molecule has 0 aromatic heterocycles. The van der Waals surface area contributed by atoms with Crippen molar-refractivity contribution in [3.05, 3.63) is 107 Å². The molecule has 0 bridgehead atoms. The van der Waals surface area contributed by atoms with Crippen LogP contribution in [0, 0.1) is 0 Å². The Morgan fingerprint density at radius 2 is 1.32 bits per heavy atom. The summed E-state index contributed by atoms with van der Waals surface area (Å²) in [5, 5.41) is 8.57. The SMILES string of the molecule is CCOC(=O)NCc1ccc(CNC(=O)[C@@H](CCCN=C(N)N)NC(=O)C(c2ccccc2)c2ccccc2)cc1. The summed E-state index contributed by atoms with van der Waals surface area (Å²) >= 11 is 0. The zero-order valence-corrected chi connectivity index (χ0v) is 23.2. The van der Waals surface area contributed by atoms with Crippen molar-refractivity contribution in [3.63, 3.8) is 0 Å². The molecule has 0 aliphatic rings. The minimum atomic E-state index is -0.792. The number of nitrogens with zero attached hydrogens (tertiary/aromatic N) is 1. The molecule has 3 aromatic carbocycles. The summed E-state index contributed by atoms with van der Waals surface area (Å²) in [5.41, 5.74) is 14.3. The third kappa shape index (κ3) is 10.3. The van der Waals surface area contributed by atoms with E-state index in [1.165, 1.54) is 0 Å². The number of alkyl carbamates (subject to hydrolysis) is 1. The lowest BCUT2D eigenvalue weighted by Crippen LogP contribution is -2.48. The number of carbonyl (C=O) groups excluding carboxylic acids is 3. The van der Waals surface area contributed by atoms with Gasteiger partial charge in [-0.3, -0.25) is 14.6 Å². The molecule has 0 saturated carbocycles. The second kappa shape index (κ2) is 16.3. The van der Waals surface area contributed by atoms with Gasteiger partial charge in [0, 0.05) is 19.6 Å². The van der Waals surface area contributed by atoms with Crippen molar-refractivity contribution in [2.45, 2.75) is 44.8 Å². The average molecular weight is 559 g/mol. The summed E-state index contributed by atoms with van der Waals surface area (Å²) in [5.74, 6) is -1.19. The van der Waals surface area contributed by atoms with Gasteiger partial charge < -0.3 is 32.2 Å². The fourth-order valence-corrected chi connectivity index (χ4v) is 4.26. The largest absolute Gasteiger partial charge is 0.450 e. The summed E-state index contributed by atoms with van der Waals surface area (Å²) in [6.45, 7) is 2.99. The van der Waals surface area contributed by atoms with Gasteiger partial charge in [-0.05, 0) is 42.0 Å². The quantitative estimate of drug-likeness (QED) is 0.116. The lowest BCUT2D eigenvalue weighted by Gasteiger charge is -2.23. The van der Waals surface area contributed by atoms with E-state index in [0.29, 0.717) is 32.5 Å². The monoisotopic (exact) mass is 558 g/mol. The molecule has 216 valence electrons. The van der Waals surface area contributed by atoms with E-state index < -0.39 is 18.1 Å². The van der Waals surface area contributed by atoms with Crippen LogP contribution in [0.25, 0.3) is 0 Å². The molecule has 10 heteroatoms. The standard InChI is InChI=1S/C31H38N6O4/c1-2-41-31(40)36-21-23-17-15-22(16-18-23)20-35-28(38)26(14-9-19-34-30(32)33)37-29(39)27(24-10-5-3-6-11-24)25-12-7-4-8-13-25/h3-8,10-13,15-18,26-27H,2,9,14,19-21H2,1H3,(H,35,38)(H,36,40)(H,37,39)(H4,32,33,34)/t26-/m1/s1. The van der Waals surface area contributed by atoms with Gasteiger partial charge in [0.15, 0.2) is 5.96 Å². The number of nitrogens with two attached hydrogens (primary N) is 2. The molecule has 0 spiro atoms. The van der Waals surface area contributed by atoms with Crippen LogP contribution in [0.15, 0.2) is 89.9 Å². The average Bonchev–Trinajstić information content (AvgIpc) is 2.98. The van der Waals surface area contributed by atoms with Crippen LogP contribution >= 0.6 is 0 Å². The molecule has 0 aliphatic heterocycles. The Morgan fingerprint density at radius 3 is 1.83 bits per heavy atom. The van der Waals surface area contributed by atoms with E-state index in [-0.39, 0.29) is 24.3 Å². The molecule has 3 rings (SSSR count). The molecule has 7 N–H and O–H groups in total. The molecule has 3 amide bonds. The maximum atomic E-state index is 13.7. The molecule has 0 saturated heterocycles. The van der Waals surface area contributed by atoms with E-state index in [4.69, 9.17) is 16.2 Å². The van der Waals surface area contributed by atoms with Gasteiger partial charge >= 0.3 is 6.09 Å². The minimum Gasteiger partial charge on any atom is -0.450 e. The first-order chi connectivity index (χ1) is 19.9. The fraction of sp³-hybridized carbons (Fsp3) is 0.290. The van der Waals surface area contributed by atoms with Gasteiger partial charge in [0.25, 0.3) is 0 Å². The van der Waals surface area contributed by atoms with Crippen LogP contribution in [0.4, 0.5) is 4.79 Å². The number of ether oxygens (including phenoxy) is 1. The Balaban J connectivity index is 1.68. The van der Waals surface area contributed by atoms with Gasteiger partial charge in [0.2, 0.25) is 11.8 Å².